The van der Waals surface area contributed by atoms with E-state index in [1.54, 1.807) is 12.4 Å². The van der Waals surface area contributed by atoms with Crippen molar-refractivity contribution >= 4 is 17.2 Å². The normalized spacial score (nSPS) is 11.0. The minimum absolute atomic E-state index is 0.528. The standard InChI is InChI=1S/C13H11ClN4/c1-9-3-2-4-10(5-9)6-12-16-17-13-8-15-7-11(14)18(12)13/h2-5,7-8H,6H2,1H3. The Bertz CT molecular complexity index is 705. The van der Waals surface area contributed by atoms with Crippen LogP contribution in [0.5, 0.6) is 0 Å². The molecule has 0 radical (unpaired) electrons. The zero-order valence-electron chi connectivity index (χ0n) is 9.84. The number of hydrogen-bond acceptors (Lipinski definition) is 3. The molecule has 0 amide bonds. The fourth-order valence-corrected chi connectivity index (χ4v) is 2.23. The van der Waals surface area contributed by atoms with Crippen molar-refractivity contribution < 1.29 is 0 Å². The van der Waals surface area contributed by atoms with Crippen molar-refractivity contribution in [3.8, 4) is 0 Å². The Kier molecular flexibility index (Phi) is 2.72. The summed E-state index contributed by atoms with van der Waals surface area (Å²) >= 11 is 6.12. The van der Waals surface area contributed by atoms with Crippen LogP contribution in [0, 0.1) is 6.92 Å². The van der Waals surface area contributed by atoms with E-state index in [1.807, 2.05) is 10.5 Å². The number of aromatic nitrogens is 4. The third-order valence-electron chi connectivity index (χ3n) is 2.78. The van der Waals surface area contributed by atoms with Crippen molar-refractivity contribution in [2.24, 2.45) is 0 Å². The first-order valence-electron chi connectivity index (χ1n) is 5.63. The first kappa shape index (κ1) is 11.2. The van der Waals surface area contributed by atoms with Gasteiger partial charge in [0.25, 0.3) is 0 Å². The summed E-state index contributed by atoms with van der Waals surface area (Å²) in [6.07, 6.45) is 3.95. The van der Waals surface area contributed by atoms with Gasteiger partial charge in [-0.05, 0) is 12.5 Å². The molecule has 2 aromatic heterocycles. The van der Waals surface area contributed by atoms with Crippen LogP contribution in [0.4, 0.5) is 0 Å². The van der Waals surface area contributed by atoms with E-state index in [1.165, 1.54) is 11.1 Å². The fraction of sp³-hybridized carbons (Fsp3) is 0.154. The maximum atomic E-state index is 6.12. The summed E-state index contributed by atoms with van der Waals surface area (Å²) in [7, 11) is 0. The number of hydrogen-bond donors (Lipinski definition) is 0. The lowest BCUT2D eigenvalue weighted by molar-refractivity contribution is 0.930. The van der Waals surface area contributed by atoms with Crippen molar-refractivity contribution in [2.45, 2.75) is 13.3 Å². The van der Waals surface area contributed by atoms with Gasteiger partial charge in [0.1, 0.15) is 11.0 Å². The number of nitrogens with zero attached hydrogens (tertiary/aromatic N) is 4. The van der Waals surface area contributed by atoms with Gasteiger partial charge in [0.2, 0.25) is 0 Å². The lowest BCUT2D eigenvalue weighted by Crippen LogP contribution is -1.98. The van der Waals surface area contributed by atoms with Gasteiger partial charge in [-0.3, -0.25) is 9.38 Å². The van der Waals surface area contributed by atoms with Crippen LogP contribution in [-0.2, 0) is 6.42 Å². The van der Waals surface area contributed by atoms with E-state index in [-0.39, 0.29) is 0 Å². The third kappa shape index (κ3) is 1.95. The highest BCUT2D eigenvalue weighted by Gasteiger charge is 2.09. The highest BCUT2D eigenvalue weighted by molar-refractivity contribution is 6.29. The minimum atomic E-state index is 0.528. The summed E-state index contributed by atoms with van der Waals surface area (Å²) in [4.78, 5) is 3.99. The molecule has 0 atom stereocenters. The average Bonchev–Trinajstić information content (AvgIpc) is 2.74. The van der Waals surface area contributed by atoms with Crippen LogP contribution in [0.2, 0.25) is 5.15 Å². The van der Waals surface area contributed by atoms with Gasteiger partial charge in [0, 0.05) is 6.42 Å². The van der Waals surface area contributed by atoms with Gasteiger partial charge in [0.05, 0.1) is 12.4 Å². The molecule has 0 spiro atoms. The topological polar surface area (TPSA) is 43.1 Å². The Morgan fingerprint density at radius 2 is 2.11 bits per heavy atom. The minimum Gasteiger partial charge on any atom is -0.266 e. The van der Waals surface area contributed by atoms with Crippen LogP contribution in [0.25, 0.3) is 5.65 Å². The molecule has 1 aromatic carbocycles. The molecule has 0 aliphatic heterocycles. The van der Waals surface area contributed by atoms with E-state index >= 15 is 0 Å². The number of benzene rings is 1. The molecule has 0 unspecified atom stereocenters. The Hall–Kier alpha value is -1.94. The monoisotopic (exact) mass is 258 g/mol. The summed E-state index contributed by atoms with van der Waals surface area (Å²) in [5, 5.41) is 8.76. The average molecular weight is 259 g/mol. The van der Waals surface area contributed by atoms with Crippen molar-refractivity contribution in [1.82, 2.24) is 19.6 Å². The smallest absolute Gasteiger partial charge is 0.180 e. The largest absolute Gasteiger partial charge is 0.266 e. The van der Waals surface area contributed by atoms with Crippen LogP contribution in [-0.4, -0.2) is 19.6 Å². The second-order valence-corrected chi connectivity index (χ2v) is 4.59. The number of fused-ring (bicyclic) bond motifs is 1. The van der Waals surface area contributed by atoms with Gasteiger partial charge < -0.3 is 0 Å². The summed E-state index contributed by atoms with van der Waals surface area (Å²) in [5.41, 5.74) is 3.09. The van der Waals surface area contributed by atoms with Crippen molar-refractivity contribution in [2.75, 3.05) is 0 Å². The third-order valence-corrected chi connectivity index (χ3v) is 3.05. The van der Waals surface area contributed by atoms with E-state index in [0.29, 0.717) is 17.2 Å². The Labute approximate surface area is 109 Å². The predicted molar refractivity (Wildman–Crippen MR) is 69.8 cm³/mol. The maximum absolute atomic E-state index is 6.12. The Morgan fingerprint density at radius 1 is 1.22 bits per heavy atom. The summed E-state index contributed by atoms with van der Waals surface area (Å²) in [6.45, 7) is 2.07. The van der Waals surface area contributed by atoms with Crippen LogP contribution in [0.3, 0.4) is 0 Å². The molecule has 2 heterocycles. The SMILES string of the molecule is Cc1cccc(Cc2nnc3cncc(Cl)n23)c1. The maximum Gasteiger partial charge on any atom is 0.180 e. The quantitative estimate of drug-likeness (QED) is 0.710. The summed E-state index contributed by atoms with van der Waals surface area (Å²) < 4.78 is 1.82. The van der Waals surface area contributed by atoms with Gasteiger partial charge >= 0.3 is 0 Å². The van der Waals surface area contributed by atoms with E-state index in [4.69, 9.17) is 11.6 Å². The molecule has 4 nitrogen and oxygen atoms in total. The van der Waals surface area contributed by atoms with Crippen molar-refractivity contribution in [1.29, 1.82) is 0 Å². The molecule has 3 rings (SSSR count). The van der Waals surface area contributed by atoms with Crippen LogP contribution < -0.4 is 0 Å². The highest BCUT2D eigenvalue weighted by Crippen LogP contribution is 2.15. The molecule has 0 fully saturated rings. The molecule has 0 saturated carbocycles. The van der Waals surface area contributed by atoms with Gasteiger partial charge in [0.15, 0.2) is 5.65 Å². The van der Waals surface area contributed by atoms with E-state index in [0.717, 1.165) is 5.82 Å². The molecular formula is C13H11ClN4. The van der Waals surface area contributed by atoms with Gasteiger partial charge in [-0.25, -0.2) is 0 Å². The van der Waals surface area contributed by atoms with E-state index in [9.17, 15) is 0 Å². The molecule has 0 aliphatic carbocycles. The van der Waals surface area contributed by atoms with E-state index in [2.05, 4.69) is 40.3 Å². The molecule has 5 heteroatoms. The second kappa shape index (κ2) is 4.38. The van der Waals surface area contributed by atoms with Gasteiger partial charge in [-0.15, -0.1) is 10.2 Å². The number of aryl methyl sites for hydroxylation is 1. The molecule has 90 valence electrons. The molecule has 0 saturated heterocycles. The lowest BCUT2D eigenvalue weighted by Gasteiger charge is -2.03. The molecule has 0 N–H and O–H groups in total. The Morgan fingerprint density at radius 3 is 2.94 bits per heavy atom. The van der Waals surface area contributed by atoms with Gasteiger partial charge in [-0.2, -0.15) is 0 Å². The van der Waals surface area contributed by atoms with Crippen LogP contribution >= 0.6 is 11.6 Å². The summed E-state index contributed by atoms with van der Waals surface area (Å²) in [6, 6.07) is 8.32. The van der Waals surface area contributed by atoms with Crippen molar-refractivity contribution in [3.05, 3.63) is 58.8 Å². The van der Waals surface area contributed by atoms with Crippen molar-refractivity contribution in [3.63, 3.8) is 0 Å². The first-order chi connectivity index (χ1) is 8.74. The van der Waals surface area contributed by atoms with Crippen LogP contribution in [0.1, 0.15) is 17.0 Å². The highest BCUT2D eigenvalue weighted by atomic mass is 35.5. The summed E-state index contributed by atoms with van der Waals surface area (Å²) in [5.74, 6) is 0.822. The zero-order valence-corrected chi connectivity index (χ0v) is 10.6. The van der Waals surface area contributed by atoms with Crippen LogP contribution in [0.15, 0.2) is 36.7 Å². The molecule has 0 bridgehead atoms. The fourth-order valence-electron chi connectivity index (χ4n) is 1.99. The lowest BCUT2D eigenvalue weighted by atomic mass is 10.1. The first-order valence-corrected chi connectivity index (χ1v) is 6.01. The van der Waals surface area contributed by atoms with E-state index < -0.39 is 0 Å². The second-order valence-electron chi connectivity index (χ2n) is 4.21. The molecule has 3 aromatic rings. The predicted octanol–water partition coefficient (Wildman–Crippen LogP) is 2.68. The number of halogens is 1. The molecule has 18 heavy (non-hydrogen) atoms. The van der Waals surface area contributed by atoms with Gasteiger partial charge in [-0.1, -0.05) is 41.4 Å². The molecule has 0 aliphatic rings. The molecular weight excluding hydrogens is 248 g/mol. The Balaban J connectivity index is 2.05. The number of rotatable bonds is 2. The zero-order chi connectivity index (χ0) is 12.5.